The van der Waals surface area contributed by atoms with E-state index in [2.05, 4.69) is 5.32 Å². The summed E-state index contributed by atoms with van der Waals surface area (Å²) in [4.78, 5) is 11.8. The Kier molecular flexibility index (Phi) is 9.44. The Balaban J connectivity index is 2.06. The maximum atomic E-state index is 11.8. The molecule has 5 heteroatoms. The van der Waals surface area contributed by atoms with Gasteiger partial charge in [0.2, 0.25) is 0 Å². The molecule has 0 radical (unpaired) electrons. The highest BCUT2D eigenvalue weighted by Gasteiger charge is 2.13. The number of hydrogen-bond donors (Lipinski definition) is 1. The fourth-order valence-electron chi connectivity index (χ4n) is 1.66. The standard InChI is InChI=1S/C16H25NO4/c1-14(12-17-8-9-20-11-10-19-2)16(18)21-13-15-6-4-3-5-7-15/h3-7,14,17H,8-13H2,1-2H3. The maximum absolute atomic E-state index is 11.8. The zero-order valence-corrected chi connectivity index (χ0v) is 12.8. The van der Waals surface area contributed by atoms with E-state index in [4.69, 9.17) is 14.2 Å². The minimum absolute atomic E-state index is 0.173. The molecule has 0 aliphatic heterocycles. The molecule has 0 fully saturated rings. The topological polar surface area (TPSA) is 56.8 Å². The van der Waals surface area contributed by atoms with Gasteiger partial charge in [0.25, 0.3) is 0 Å². The van der Waals surface area contributed by atoms with Crippen LogP contribution < -0.4 is 5.32 Å². The van der Waals surface area contributed by atoms with Crippen LogP contribution in [0.4, 0.5) is 0 Å². The van der Waals surface area contributed by atoms with Crippen LogP contribution in [-0.2, 0) is 25.6 Å². The third-order valence-corrected chi connectivity index (χ3v) is 2.93. The van der Waals surface area contributed by atoms with Crippen LogP contribution >= 0.6 is 0 Å². The van der Waals surface area contributed by atoms with E-state index in [9.17, 15) is 4.79 Å². The van der Waals surface area contributed by atoms with E-state index in [1.54, 1.807) is 7.11 Å². The van der Waals surface area contributed by atoms with Gasteiger partial charge >= 0.3 is 5.97 Å². The van der Waals surface area contributed by atoms with Gasteiger partial charge in [0.15, 0.2) is 0 Å². The first-order valence-electron chi connectivity index (χ1n) is 7.22. The molecule has 0 saturated heterocycles. The van der Waals surface area contributed by atoms with Crippen molar-refractivity contribution in [2.24, 2.45) is 5.92 Å². The van der Waals surface area contributed by atoms with E-state index in [-0.39, 0.29) is 11.9 Å². The zero-order valence-electron chi connectivity index (χ0n) is 12.8. The molecule has 0 saturated carbocycles. The Labute approximate surface area is 126 Å². The molecule has 1 rings (SSSR count). The lowest BCUT2D eigenvalue weighted by Crippen LogP contribution is -2.30. The van der Waals surface area contributed by atoms with Crippen molar-refractivity contribution in [2.75, 3.05) is 40.0 Å². The molecule has 0 aliphatic rings. The van der Waals surface area contributed by atoms with Crippen molar-refractivity contribution in [3.05, 3.63) is 35.9 Å². The fraction of sp³-hybridized carbons (Fsp3) is 0.562. The van der Waals surface area contributed by atoms with Gasteiger partial charge in [0.1, 0.15) is 6.61 Å². The number of esters is 1. The predicted molar refractivity (Wildman–Crippen MR) is 81.0 cm³/mol. The summed E-state index contributed by atoms with van der Waals surface area (Å²) in [6, 6.07) is 9.67. The minimum Gasteiger partial charge on any atom is -0.461 e. The van der Waals surface area contributed by atoms with E-state index >= 15 is 0 Å². The molecule has 5 nitrogen and oxygen atoms in total. The van der Waals surface area contributed by atoms with Gasteiger partial charge in [0.05, 0.1) is 25.7 Å². The molecule has 21 heavy (non-hydrogen) atoms. The molecule has 1 unspecified atom stereocenters. The smallest absolute Gasteiger partial charge is 0.310 e. The summed E-state index contributed by atoms with van der Waals surface area (Å²) < 4.78 is 15.5. The molecule has 0 heterocycles. The largest absolute Gasteiger partial charge is 0.461 e. The van der Waals surface area contributed by atoms with Crippen LogP contribution in [0.15, 0.2) is 30.3 Å². The Morgan fingerprint density at radius 1 is 1.19 bits per heavy atom. The minimum atomic E-state index is -0.188. The van der Waals surface area contributed by atoms with Crippen molar-refractivity contribution < 1.29 is 19.0 Å². The molecule has 1 aromatic rings. The SMILES string of the molecule is COCCOCCNCC(C)C(=O)OCc1ccccc1. The first-order chi connectivity index (χ1) is 10.2. The first kappa shape index (κ1) is 17.6. The van der Waals surface area contributed by atoms with E-state index in [1.165, 1.54) is 0 Å². The van der Waals surface area contributed by atoms with Gasteiger partial charge in [-0.05, 0) is 5.56 Å². The van der Waals surface area contributed by atoms with E-state index in [0.29, 0.717) is 39.5 Å². The number of benzene rings is 1. The molecule has 1 atom stereocenters. The van der Waals surface area contributed by atoms with Gasteiger partial charge in [-0.1, -0.05) is 37.3 Å². The number of rotatable bonds is 11. The number of ether oxygens (including phenoxy) is 3. The summed E-state index contributed by atoms with van der Waals surface area (Å²) in [6.45, 7) is 5.27. The summed E-state index contributed by atoms with van der Waals surface area (Å²) in [5.74, 6) is -0.362. The highest BCUT2D eigenvalue weighted by atomic mass is 16.5. The molecule has 0 amide bonds. The summed E-state index contributed by atoms with van der Waals surface area (Å²) >= 11 is 0. The van der Waals surface area contributed by atoms with Crippen molar-refractivity contribution in [1.82, 2.24) is 5.32 Å². The van der Waals surface area contributed by atoms with Gasteiger partial charge in [-0.15, -0.1) is 0 Å². The fourth-order valence-corrected chi connectivity index (χ4v) is 1.66. The molecule has 0 spiro atoms. The summed E-state index contributed by atoms with van der Waals surface area (Å²) in [6.07, 6.45) is 0. The monoisotopic (exact) mass is 295 g/mol. The van der Waals surface area contributed by atoms with Crippen molar-refractivity contribution in [3.8, 4) is 0 Å². The van der Waals surface area contributed by atoms with Crippen LogP contribution in [0, 0.1) is 5.92 Å². The lowest BCUT2D eigenvalue weighted by atomic mass is 10.2. The average molecular weight is 295 g/mol. The second kappa shape index (κ2) is 11.3. The van der Waals surface area contributed by atoms with Gasteiger partial charge in [-0.3, -0.25) is 4.79 Å². The number of nitrogens with one attached hydrogen (secondary N) is 1. The van der Waals surface area contributed by atoms with Crippen LogP contribution in [0.1, 0.15) is 12.5 Å². The normalized spacial score (nSPS) is 12.1. The molecule has 1 N–H and O–H groups in total. The number of carbonyl (C=O) groups excluding carboxylic acids is 1. The van der Waals surface area contributed by atoms with Crippen molar-refractivity contribution >= 4 is 5.97 Å². The number of hydrogen-bond acceptors (Lipinski definition) is 5. The van der Waals surface area contributed by atoms with Crippen LogP contribution in [0.25, 0.3) is 0 Å². The molecule has 118 valence electrons. The molecule has 0 bridgehead atoms. The number of methoxy groups -OCH3 is 1. The van der Waals surface area contributed by atoms with Gasteiger partial charge in [-0.2, -0.15) is 0 Å². The van der Waals surface area contributed by atoms with Crippen LogP contribution in [0.3, 0.4) is 0 Å². The van der Waals surface area contributed by atoms with Crippen molar-refractivity contribution in [2.45, 2.75) is 13.5 Å². The molecular weight excluding hydrogens is 270 g/mol. The third kappa shape index (κ3) is 8.45. The van der Waals surface area contributed by atoms with E-state index in [0.717, 1.165) is 5.56 Å². The Hall–Kier alpha value is -1.43. The Bertz CT molecular complexity index is 383. The first-order valence-corrected chi connectivity index (χ1v) is 7.22. The second-order valence-corrected chi connectivity index (χ2v) is 4.80. The summed E-state index contributed by atoms with van der Waals surface area (Å²) in [5.41, 5.74) is 0.998. The van der Waals surface area contributed by atoms with E-state index < -0.39 is 0 Å². The second-order valence-electron chi connectivity index (χ2n) is 4.80. The van der Waals surface area contributed by atoms with Crippen LogP contribution in [0.2, 0.25) is 0 Å². The molecule has 0 aliphatic carbocycles. The third-order valence-electron chi connectivity index (χ3n) is 2.93. The van der Waals surface area contributed by atoms with Gasteiger partial charge in [-0.25, -0.2) is 0 Å². The van der Waals surface area contributed by atoms with Crippen molar-refractivity contribution in [3.63, 3.8) is 0 Å². The van der Waals surface area contributed by atoms with Crippen molar-refractivity contribution in [1.29, 1.82) is 0 Å². The lowest BCUT2D eigenvalue weighted by molar-refractivity contribution is -0.149. The average Bonchev–Trinajstić information content (AvgIpc) is 2.52. The van der Waals surface area contributed by atoms with Crippen LogP contribution in [0.5, 0.6) is 0 Å². The van der Waals surface area contributed by atoms with Gasteiger partial charge < -0.3 is 19.5 Å². The molecular formula is C16H25NO4. The quantitative estimate of drug-likeness (QED) is 0.496. The Morgan fingerprint density at radius 2 is 1.95 bits per heavy atom. The lowest BCUT2D eigenvalue weighted by Gasteiger charge is -2.12. The Morgan fingerprint density at radius 3 is 2.67 bits per heavy atom. The maximum Gasteiger partial charge on any atom is 0.310 e. The predicted octanol–water partition coefficient (Wildman–Crippen LogP) is 1.62. The summed E-state index contributed by atoms with van der Waals surface area (Å²) in [5, 5.41) is 3.17. The summed E-state index contributed by atoms with van der Waals surface area (Å²) in [7, 11) is 1.64. The molecule has 0 aromatic heterocycles. The highest BCUT2D eigenvalue weighted by Crippen LogP contribution is 2.04. The van der Waals surface area contributed by atoms with Crippen LogP contribution in [-0.4, -0.2) is 46.0 Å². The zero-order chi connectivity index (χ0) is 15.3. The number of carbonyl (C=O) groups is 1. The van der Waals surface area contributed by atoms with E-state index in [1.807, 2.05) is 37.3 Å². The van der Waals surface area contributed by atoms with Gasteiger partial charge in [0, 0.05) is 20.2 Å². The molecule has 1 aromatic carbocycles. The highest BCUT2D eigenvalue weighted by molar-refractivity contribution is 5.72.